The van der Waals surface area contributed by atoms with Crippen LogP contribution in [0, 0.1) is 11.8 Å². The van der Waals surface area contributed by atoms with Crippen molar-refractivity contribution in [1.82, 2.24) is 14.2 Å². The van der Waals surface area contributed by atoms with Gasteiger partial charge in [-0.3, -0.25) is 4.79 Å². The number of esters is 1. The Morgan fingerprint density at radius 3 is 2.60 bits per heavy atom. The maximum Gasteiger partial charge on any atom is 0.410 e. The van der Waals surface area contributed by atoms with E-state index in [9.17, 15) is 24.6 Å². The van der Waals surface area contributed by atoms with Crippen molar-refractivity contribution in [1.29, 1.82) is 0 Å². The SMILES string of the molecule is C=CCOC(=O)C1=C(S[C@H]2C[C@@H](C(O)c3cn4c[n+](C)cc4s3)N(C(=O)OCC=C)C2)[C@H](C)[C@@H]2[C@@H]([C@@H](C)O)C(=O)N12.[I-]. The number of amides is 2. The van der Waals surface area contributed by atoms with Gasteiger partial charge in [-0.05, 0) is 13.3 Å². The molecule has 1 unspecified atom stereocenters. The highest BCUT2D eigenvalue weighted by molar-refractivity contribution is 8.03. The van der Waals surface area contributed by atoms with E-state index in [1.165, 1.54) is 45.1 Å². The molecule has 0 spiro atoms. The zero-order chi connectivity index (χ0) is 29.6. The highest BCUT2D eigenvalue weighted by atomic mass is 127. The smallest absolute Gasteiger partial charge is 0.410 e. The molecule has 5 rings (SSSR count). The third-order valence-corrected chi connectivity index (χ3v) is 10.4. The fourth-order valence-electron chi connectivity index (χ4n) is 6.00. The van der Waals surface area contributed by atoms with Crippen LogP contribution in [0.4, 0.5) is 4.79 Å². The van der Waals surface area contributed by atoms with Crippen molar-refractivity contribution in [3.63, 3.8) is 0 Å². The first-order valence-electron chi connectivity index (χ1n) is 13.5. The van der Waals surface area contributed by atoms with E-state index in [2.05, 4.69) is 13.2 Å². The van der Waals surface area contributed by atoms with Crippen LogP contribution in [0.3, 0.4) is 0 Å². The van der Waals surface area contributed by atoms with Gasteiger partial charge in [0.15, 0.2) is 0 Å². The summed E-state index contributed by atoms with van der Waals surface area (Å²) in [7, 11) is 1.92. The maximum absolute atomic E-state index is 13.1. The minimum absolute atomic E-state index is 0. The number of hydrogen-bond donors (Lipinski definition) is 2. The molecule has 2 fully saturated rings. The van der Waals surface area contributed by atoms with E-state index in [1.807, 2.05) is 41.7 Å². The number of carbonyl (C=O) groups excluding carboxylic acids is 3. The Bertz CT molecular complexity index is 1390. The molecular weight excluding hydrogens is 695 g/mol. The summed E-state index contributed by atoms with van der Waals surface area (Å²) >= 11 is 2.86. The Hall–Kier alpha value is -2.40. The van der Waals surface area contributed by atoms with E-state index in [1.54, 1.807) is 6.92 Å². The van der Waals surface area contributed by atoms with E-state index in [0.29, 0.717) is 11.3 Å². The summed E-state index contributed by atoms with van der Waals surface area (Å²) in [4.78, 5) is 44.6. The molecule has 7 atom stereocenters. The van der Waals surface area contributed by atoms with Crippen molar-refractivity contribution < 1.29 is 62.6 Å². The highest BCUT2D eigenvalue weighted by Gasteiger charge is 2.60. The standard InChI is InChI=1S/C28H35N4O7S2.HI/c1-6-8-38-27(36)23-25(15(3)22-21(16(4)33)26(35)32(22)23)40-17-10-18(31(11-17)28(37)39-9-7-2)24(34)19-12-30-14-29(5)13-20(30)41-19;/h6-7,12-18,21-22,24,33-34H,1-2,8-11H2,3-5H3;1H/q+1;/p-1/t15-,16-,17+,18+,21-,22-,24?;/m1./s1. The second-order valence-corrected chi connectivity index (χ2v) is 13.1. The van der Waals surface area contributed by atoms with Crippen LogP contribution < -0.4 is 28.5 Å². The number of rotatable bonds is 10. The quantitative estimate of drug-likeness (QED) is 0.107. The normalized spacial score (nSPS) is 26.4. The fraction of sp³-hybridized carbons (Fsp3) is 0.500. The molecule has 2 aromatic heterocycles. The molecule has 14 heteroatoms. The van der Waals surface area contributed by atoms with Crippen LogP contribution in [-0.4, -0.2) is 85.6 Å². The van der Waals surface area contributed by atoms with Crippen molar-refractivity contribution in [2.75, 3.05) is 19.8 Å². The van der Waals surface area contributed by atoms with Crippen LogP contribution in [0.5, 0.6) is 0 Å². The number of imidazole rings is 1. The van der Waals surface area contributed by atoms with E-state index >= 15 is 0 Å². The first kappa shape index (κ1) is 32.5. The van der Waals surface area contributed by atoms with Crippen LogP contribution >= 0.6 is 23.1 Å². The van der Waals surface area contributed by atoms with Crippen molar-refractivity contribution in [3.8, 4) is 0 Å². The van der Waals surface area contributed by atoms with Crippen LogP contribution in [0.25, 0.3) is 4.83 Å². The van der Waals surface area contributed by atoms with E-state index in [4.69, 9.17) is 9.47 Å². The molecule has 11 nitrogen and oxygen atoms in total. The number of aryl methyl sites for hydroxylation is 1. The highest BCUT2D eigenvalue weighted by Crippen LogP contribution is 2.53. The lowest BCUT2D eigenvalue weighted by Gasteiger charge is -2.46. The van der Waals surface area contributed by atoms with Crippen molar-refractivity contribution in [3.05, 3.63) is 59.5 Å². The first-order valence-corrected chi connectivity index (χ1v) is 15.2. The summed E-state index contributed by atoms with van der Waals surface area (Å²) < 4.78 is 14.6. The Labute approximate surface area is 269 Å². The Balaban J connectivity index is 0.00000405. The average molecular weight is 731 g/mol. The summed E-state index contributed by atoms with van der Waals surface area (Å²) in [5.41, 5.74) is 0.183. The van der Waals surface area contributed by atoms with Gasteiger partial charge in [-0.1, -0.05) is 43.6 Å². The van der Waals surface area contributed by atoms with Crippen molar-refractivity contribution >= 4 is 45.9 Å². The molecule has 42 heavy (non-hydrogen) atoms. The molecule has 0 bridgehead atoms. The second kappa shape index (κ2) is 13.1. The van der Waals surface area contributed by atoms with Gasteiger partial charge in [-0.2, -0.15) is 4.40 Å². The Morgan fingerprint density at radius 1 is 1.26 bits per heavy atom. The summed E-state index contributed by atoms with van der Waals surface area (Å²) in [5, 5.41) is 21.6. The zero-order valence-corrected chi connectivity index (χ0v) is 27.4. The van der Waals surface area contributed by atoms with Crippen LogP contribution in [0.2, 0.25) is 0 Å². The van der Waals surface area contributed by atoms with Crippen molar-refractivity contribution in [2.45, 2.75) is 49.8 Å². The van der Waals surface area contributed by atoms with E-state index in [-0.39, 0.29) is 72.5 Å². The van der Waals surface area contributed by atoms with Gasteiger partial charge in [0.2, 0.25) is 17.1 Å². The van der Waals surface area contributed by atoms with E-state index in [0.717, 1.165) is 9.71 Å². The van der Waals surface area contributed by atoms with Gasteiger partial charge in [-0.25, -0.2) is 14.2 Å². The molecule has 5 heterocycles. The molecule has 0 radical (unpaired) electrons. The molecule has 2 aromatic rings. The number of thioether (sulfide) groups is 1. The minimum Gasteiger partial charge on any atom is -1.00 e. The number of halogens is 1. The lowest BCUT2D eigenvalue weighted by atomic mass is 9.79. The predicted molar refractivity (Wildman–Crippen MR) is 153 cm³/mol. The number of nitrogens with zero attached hydrogens (tertiary/aromatic N) is 4. The zero-order valence-electron chi connectivity index (χ0n) is 23.6. The Kier molecular flexibility index (Phi) is 10.1. The molecule has 2 saturated heterocycles. The lowest BCUT2D eigenvalue weighted by molar-refractivity contribution is -0.669. The molecular formula is C28H35IN4O7S2. The van der Waals surface area contributed by atoms with Gasteiger partial charge in [-0.15, -0.1) is 11.8 Å². The number of fused-ring (bicyclic) bond motifs is 2. The predicted octanol–water partition coefficient (Wildman–Crippen LogP) is -0.840. The number of likely N-dealkylation sites (tertiary alicyclic amines) is 1. The number of ether oxygens (including phenoxy) is 2. The summed E-state index contributed by atoms with van der Waals surface area (Å²) in [5.74, 6) is -1.78. The number of aromatic nitrogens is 2. The number of hydrogen-bond acceptors (Lipinski definition) is 9. The first-order chi connectivity index (χ1) is 19.6. The number of carbonyl (C=O) groups is 3. The maximum atomic E-state index is 13.1. The number of β-lactam (4-membered cyclic amide) rings is 1. The largest absolute Gasteiger partial charge is 1.00 e. The van der Waals surface area contributed by atoms with Gasteiger partial charge in [0.05, 0.1) is 36.0 Å². The molecule has 228 valence electrons. The van der Waals surface area contributed by atoms with Crippen LogP contribution in [-0.2, 0) is 26.1 Å². The Morgan fingerprint density at radius 2 is 1.95 bits per heavy atom. The summed E-state index contributed by atoms with van der Waals surface area (Å²) in [6.07, 6.45) is 6.72. The van der Waals surface area contributed by atoms with E-state index < -0.39 is 36.2 Å². The molecule has 2 N–H and O–H groups in total. The molecule has 3 aliphatic heterocycles. The van der Waals surface area contributed by atoms with Gasteiger partial charge < -0.3 is 53.5 Å². The fourth-order valence-corrected chi connectivity index (χ4v) is 8.64. The molecule has 2 amide bonds. The van der Waals surface area contributed by atoms with Crippen LogP contribution in [0.1, 0.15) is 31.2 Å². The average Bonchev–Trinajstić information content (AvgIpc) is 3.66. The monoisotopic (exact) mass is 730 g/mol. The van der Waals surface area contributed by atoms with Crippen molar-refractivity contribution in [2.24, 2.45) is 18.9 Å². The minimum atomic E-state index is -0.958. The molecule has 0 saturated carbocycles. The van der Waals surface area contributed by atoms with Gasteiger partial charge in [0.1, 0.15) is 37.4 Å². The number of aliphatic hydroxyl groups is 2. The molecule has 0 aromatic carbocycles. The topological polar surface area (TPSA) is 125 Å². The summed E-state index contributed by atoms with van der Waals surface area (Å²) in [6, 6.07) is -0.928. The number of aliphatic hydroxyl groups excluding tert-OH is 2. The number of thiazole rings is 1. The third-order valence-electron chi connectivity index (χ3n) is 7.81. The molecule has 0 aliphatic carbocycles. The summed E-state index contributed by atoms with van der Waals surface area (Å²) in [6.45, 7) is 11.0. The van der Waals surface area contributed by atoms with Gasteiger partial charge >= 0.3 is 12.1 Å². The van der Waals surface area contributed by atoms with Crippen LogP contribution in [0.15, 0.2) is 54.6 Å². The lowest BCUT2D eigenvalue weighted by Crippen LogP contribution is -3.00. The van der Waals surface area contributed by atoms with Gasteiger partial charge in [0, 0.05) is 22.6 Å². The van der Waals surface area contributed by atoms with Gasteiger partial charge in [0.25, 0.3) is 0 Å². The molecule has 3 aliphatic rings. The second-order valence-electron chi connectivity index (χ2n) is 10.6. The third kappa shape index (κ3) is 5.75.